The summed E-state index contributed by atoms with van der Waals surface area (Å²) in [4.78, 5) is 11.2. The second kappa shape index (κ2) is 13.1. The van der Waals surface area contributed by atoms with Crippen LogP contribution in [0.25, 0.3) is 0 Å². The van der Waals surface area contributed by atoms with E-state index in [1.165, 1.54) is 75.1 Å². The highest BCUT2D eigenvalue weighted by Crippen LogP contribution is 2.17. The maximum Gasteiger partial charge on any atom is 0.328 e. The molecule has 1 rings (SSSR count). The minimum Gasteiger partial charge on any atom is -0.480 e. The summed E-state index contributed by atoms with van der Waals surface area (Å²) in [5.74, 6) is -0.821. The van der Waals surface area contributed by atoms with Crippen molar-refractivity contribution >= 4 is 5.97 Å². The zero-order chi connectivity index (χ0) is 16.8. The Balaban J connectivity index is 1.94. The number of unbranched alkanes of at least 4 members (excludes halogenated alkanes) is 11. The Kier molecular flexibility index (Phi) is 11.2. The van der Waals surface area contributed by atoms with Crippen molar-refractivity contribution in [1.29, 1.82) is 0 Å². The second-order valence-electron chi connectivity index (χ2n) is 6.41. The molecule has 1 heterocycles. The molecule has 1 unspecified atom stereocenters. The Bertz CT molecular complexity index is 393. The molecule has 0 aromatic carbocycles. The van der Waals surface area contributed by atoms with Crippen molar-refractivity contribution in [1.82, 2.24) is 15.0 Å². The largest absolute Gasteiger partial charge is 0.480 e. The molecule has 1 atom stereocenters. The van der Waals surface area contributed by atoms with Crippen molar-refractivity contribution in [3.8, 4) is 0 Å². The fourth-order valence-electron chi connectivity index (χ4n) is 2.93. The molecule has 0 amide bonds. The molecule has 0 saturated heterocycles. The first-order chi connectivity index (χ1) is 11.3. The lowest BCUT2D eigenvalue weighted by molar-refractivity contribution is -0.141. The molecule has 0 aliphatic heterocycles. The summed E-state index contributed by atoms with van der Waals surface area (Å²) in [7, 11) is 0. The topological polar surface area (TPSA) is 68.0 Å². The van der Waals surface area contributed by atoms with Gasteiger partial charge in [0.05, 0.1) is 6.20 Å². The van der Waals surface area contributed by atoms with Crippen LogP contribution in [0.1, 0.15) is 96.4 Å². The number of carbonyl (C=O) groups is 1. The van der Waals surface area contributed by atoms with Crippen LogP contribution in [-0.2, 0) is 4.79 Å². The summed E-state index contributed by atoms with van der Waals surface area (Å²) in [6.45, 7) is 2.25. The van der Waals surface area contributed by atoms with Crippen LogP contribution in [0.2, 0.25) is 0 Å². The first-order valence-corrected chi connectivity index (χ1v) is 9.34. The van der Waals surface area contributed by atoms with Crippen molar-refractivity contribution in [2.75, 3.05) is 0 Å². The van der Waals surface area contributed by atoms with Crippen LogP contribution < -0.4 is 0 Å². The molecular weight excluding hydrogens is 290 g/mol. The van der Waals surface area contributed by atoms with E-state index in [0.29, 0.717) is 6.42 Å². The van der Waals surface area contributed by atoms with Crippen LogP contribution in [0.5, 0.6) is 0 Å². The summed E-state index contributed by atoms with van der Waals surface area (Å²) in [6, 6.07) is -0.569. The quantitative estimate of drug-likeness (QED) is 0.461. The SMILES string of the molecule is CCCCCCCCCCCCCCC(C(=O)O)n1ccnn1. The molecule has 5 heteroatoms. The van der Waals surface area contributed by atoms with E-state index in [9.17, 15) is 9.90 Å². The molecule has 0 radical (unpaired) electrons. The van der Waals surface area contributed by atoms with Gasteiger partial charge in [-0.2, -0.15) is 0 Å². The minimum absolute atomic E-state index is 0.569. The van der Waals surface area contributed by atoms with E-state index in [1.807, 2.05) is 0 Å². The number of hydrogen-bond donors (Lipinski definition) is 1. The predicted molar refractivity (Wildman–Crippen MR) is 92.4 cm³/mol. The van der Waals surface area contributed by atoms with E-state index < -0.39 is 12.0 Å². The van der Waals surface area contributed by atoms with E-state index in [-0.39, 0.29) is 0 Å². The van der Waals surface area contributed by atoms with Gasteiger partial charge in [-0.1, -0.05) is 89.2 Å². The van der Waals surface area contributed by atoms with Gasteiger partial charge >= 0.3 is 5.97 Å². The van der Waals surface area contributed by atoms with E-state index in [0.717, 1.165) is 12.8 Å². The van der Waals surface area contributed by atoms with Crippen LogP contribution in [0, 0.1) is 0 Å². The Morgan fingerprint density at radius 1 is 0.957 bits per heavy atom. The number of aromatic nitrogens is 3. The lowest BCUT2D eigenvalue weighted by atomic mass is 10.0. The molecule has 0 saturated carbocycles. The molecule has 0 fully saturated rings. The number of rotatable bonds is 15. The normalized spacial score (nSPS) is 12.4. The minimum atomic E-state index is -0.821. The molecule has 0 spiro atoms. The Labute approximate surface area is 140 Å². The van der Waals surface area contributed by atoms with Crippen LogP contribution in [0.3, 0.4) is 0 Å². The maximum atomic E-state index is 11.2. The lowest BCUT2D eigenvalue weighted by Crippen LogP contribution is -2.19. The van der Waals surface area contributed by atoms with E-state index in [4.69, 9.17) is 0 Å². The third-order valence-electron chi connectivity index (χ3n) is 4.38. The van der Waals surface area contributed by atoms with Crippen molar-refractivity contribution < 1.29 is 9.90 Å². The molecule has 23 heavy (non-hydrogen) atoms. The summed E-state index contributed by atoms with van der Waals surface area (Å²) in [5.41, 5.74) is 0. The summed E-state index contributed by atoms with van der Waals surface area (Å²) >= 11 is 0. The van der Waals surface area contributed by atoms with Gasteiger partial charge in [-0.05, 0) is 6.42 Å². The zero-order valence-corrected chi connectivity index (χ0v) is 14.6. The smallest absolute Gasteiger partial charge is 0.328 e. The fraction of sp³-hybridized carbons (Fsp3) is 0.833. The van der Waals surface area contributed by atoms with E-state index in [2.05, 4.69) is 17.2 Å². The van der Waals surface area contributed by atoms with E-state index in [1.54, 1.807) is 6.20 Å². The first kappa shape index (κ1) is 19.7. The predicted octanol–water partition coefficient (Wildman–Crippen LogP) is 5.00. The molecular formula is C18H33N3O2. The molecule has 5 nitrogen and oxygen atoms in total. The molecule has 0 bridgehead atoms. The Morgan fingerprint density at radius 2 is 1.48 bits per heavy atom. The van der Waals surface area contributed by atoms with Gasteiger partial charge in [-0.25, -0.2) is 9.48 Å². The maximum absolute atomic E-state index is 11.2. The molecule has 0 aliphatic rings. The van der Waals surface area contributed by atoms with Crippen molar-refractivity contribution in [3.63, 3.8) is 0 Å². The van der Waals surface area contributed by atoms with Gasteiger partial charge in [0, 0.05) is 6.20 Å². The number of carboxylic acid groups (broad SMARTS) is 1. The second-order valence-corrected chi connectivity index (χ2v) is 6.41. The highest BCUT2D eigenvalue weighted by molar-refractivity contribution is 5.71. The van der Waals surface area contributed by atoms with Crippen molar-refractivity contribution in [2.24, 2.45) is 0 Å². The third-order valence-corrected chi connectivity index (χ3v) is 4.38. The standard InChI is InChI=1S/C18H33N3O2/c1-2-3-4-5-6-7-8-9-10-11-12-13-14-17(18(22)23)21-16-15-19-20-21/h15-17H,2-14H2,1H3,(H,22,23). The Hall–Kier alpha value is -1.39. The van der Waals surface area contributed by atoms with Crippen LogP contribution >= 0.6 is 0 Å². The van der Waals surface area contributed by atoms with Gasteiger partial charge in [-0.15, -0.1) is 5.10 Å². The Morgan fingerprint density at radius 3 is 1.91 bits per heavy atom. The van der Waals surface area contributed by atoms with Gasteiger partial charge in [0.2, 0.25) is 0 Å². The van der Waals surface area contributed by atoms with Crippen LogP contribution in [0.4, 0.5) is 0 Å². The number of hydrogen-bond acceptors (Lipinski definition) is 3. The summed E-state index contributed by atoms with van der Waals surface area (Å²) in [6.07, 6.45) is 19.2. The number of aliphatic carboxylic acids is 1. The highest BCUT2D eigenvalue weighted by Gasteiger charge is 2.19. The van der Waals surface area contributed by atoms with Gasteiger partial charge in [-0.3, -0.25) is 0 Å². The van der Waals surface area contributed by atoms with Crippen molar-refractivity contribution in [3.05, 3.63) is 12.4 Å². The third kappa shape index (κ3) is 9.36. The van der Waals surface area contributed by atoms with Crippen LogP contribution in [0.15, 0.2) is 12.4 Å². The van der Waals surface area contributed by atoms with Crippen LogP contribution in [-0.4, -0.2) is 26.1 Å². The molecule has 1 aromatic heterocycles. The van der Waals surface area contributed by atoms with Gasteiger partial charge in [0.15, 0.2) is 6.04 Å². The fourth-order valence-corrected chi connectivity index (χ4v) is 2.93. The highest BCUT2D eigenvalue weighted by atomic mass is 16.4. The molecule has 1 aromatic rings. The summed E-state index contributed by atoms with van der Waals surface area (Å²) < 4.78 is 1.45. The first-order valence-electron chi connectivity index (χ1n) is 9.34. The van der Waals surface area contributed by atoms with Gasteiger partial charge in [0.1, 0.15) is 0 Å². The average Bonchev–Trinajstić information content (AvgIpc) is 3.05. The average molecular weight is 323 g/mol. The number of carboxylic acids is 1. The van der Waals surface area contributed by atoms with Crippen molar-refractivity contribution in [2.45, 2.75) is 96.4 Å². The lowest BCUT2D eigenvalue weighted by Gasteiger charge is -2.11. The zero-order valence-electron chi connectivity index (χ0n) is 14.6. The monoisotopic (exact) mass is 323 g/mol. The molecule has 132 valence electrons. The van der Waals surface area contributed by atoms with Gasteiger partial charge < -0.3 is 5.11 Å². The molecule has 0 aliphatic carbocycles. The van der Waals surface area contributed by atoms with Gasteiger partial charge in [0.25, 0.3) is 0 Å². The molecule has 1 N–H and O–H groups in total. The summed E-state index contributed by atoms with van der Waals surface area (Å²) in [5, 5.41) is 16.7. The number of nitrogens with zero attached hydrogens (tertiary/aromatic N) is 3. The van der Waals surface area contributed by atoms with E-state index >= 15 is 0 Å².